The summed E-state index contributed by atoms with van der Waals surface area (Å²) < 4.78 is 27.3. The van der Waals surface area contributed by atoms with Crippen LogP contribution in [-0.2, 0) is 16.6 Å². The van der Waals surface area contributed by atoms with Crippen LogP contribution >= 0.6 is 15.9 Å². The summed E-state index contributed by atoms with van der Waals surface area (Å²) in [6.45, 7) is 0.510. The normalized spacial score (nSPS) is 11.3. The van der Waals surface area contributed by atoms with Crippen LogP contribution in [0.15, 0.2) is 51.8 Å². The SMILES string of the molecule is CNS(=O)(=O)c1cc(N)ccc1NCc1cccc(Br)c1. The van der Waals surface area contributed by atoms with Gasteiger partial charge in [-0.3, -0.25) is 0 Å². The van der Waals surface area contributed by atoms with Crippen LogP contribution in [0.2, 0.25) is 0 Å². The van der Waals surface area contributed by atoms with E-state index in [1.54, 1.807) is 12.1 Å². The summed E-state index contributed by atoms with van der Waals surface area (Å²) in [5.41, 5.74) is 7.63. The van der Waals surface area contributed by atoms with Gasteiger partial charge in [0.2, 0.25) is 10.0 Å². The third-order valence-electron chi connectivity index (χ3n) is 2.94. The second kappa shape index (κ2) is 6.46. The van der Waals surface area contributed by atoms with Crippen LogP contribution in [0.4, 0.5) is 11.4 Å². The predicted molar refractivity (Wildman–Crippen MR) is 88.6 cm³/mol. The molecule has 21 heavy (non-hydrogen) atoms. The third-order valence-corrected chi connectivity index (χ3v) is 4.88. The van der Waals surface area contributed by atoms with Crippen molar-refractivity contribution in [1.29, 1.82) is 0 Å². The van der Waals surface area contributed by atoms with Gasteiger partial charge in [-0.05, 0) is 42.9 Å². The number of nitrogens with two attached hydrogens (primary N) is 1. The molecule has 0 saturated heterocycles. The highest BCUT2D eigenvalue weighted by atomic mass is 79.9. The second-order valence-electron chi connectivity index (χ2n) is 4.45. The Morgan fingerprint density at radius 2 is 1.95 bits per heavy atom. The molecule has 0 aliphatic carbocycles. The molecule has 0 atom stereocenters. The number of hydrogen-bond acceptors (Lipinski definition) is 4. The van der Waals surface area contributed by atoms with E-state index in [1.165, 1.54) is 13.1 Å². The van der Waals surface area contributed by atoms with E-state index in [-0.39, 0.29) is 4.90 Å². The van der Waals surface area contributed by atoms with Gasteiger partial charge < -0.3 is 11.1 Å². The Bertz CT molecular complexity index is 748. The lowest BCUT2D eigenvalue weighted by Crippen LogP contribution is -2.20. The molecule has 2 rings (SSSR count). The Hall–Kier alpha value is -1.57. The van der Waals surface area contributed by atoms with Crippen molar-refractivity contribution in [2.24, 2.45) is 0 Å². The smallest absolute Gasteiger partial charge is 0.242 e. The van der Waals surface area contributed by atoms with Crippen LogP contribution in [0.25, 0.3) is 0 Å². The molecule has 0 unspecified atom stereocenters. The molecule has 0 aromatic heterocycles. The van der Waals surface area contributed by atoms with Crippen molar-refractivity contribution in [2.45, 2.75) is 11.4 Å². The first-order chi connectivity index (χ1) is 9.92. The molecule has 0 aliphatic rings. The van der Waals surface area contributed by atoms with Gasteiger partial charge in [-0.1, -0.05) is 28.1 Å². The lowest BCUT2D eigenvalue weighted by molar-refractivity contribution is 0.588. The molecule has 0 radical (unpaired) electrons. The van der Waals surface area contributed by atoms with E-state index in [1.807, 2.05) is 24.3 Å². The maximum absolute atomic E-state index is 12.0. The first kappa shape index (κ1) is 15.8. The van der Waals surface area contributed by atoms with Gasteiger partial charge in [0.1, 0.15) is 4.90 Å². The minimum atomic E-state index is -3.57. The second-order valence-corrected chi connectivity index (χ2v) is 7.22. The Labute approximate surface area is 132 Å². The number of hydrogen-bond donors (Lipinski definition) is 3. The Balaban J connectivity index is 2.28. The average Bonchev–Trinajstić information content (AvgIpc) is 2.46. The van der Waals surface area contributed by atoms with E-state index < -0.39 is 10.0 Å². The zero-order valence-electron chi connectivity index (χ0n) is 11.4. The van der Waals surface area contributed by atoms with Crippen molar-refractivity contribution >= 4 is 37.3 Å². The summed E-state index contributed by atoms with van der Waals surface area (Å²) in [6, 6.07) is 12.6. The highest BCUT2D eigenvalue weighted by Crippen LogP contribution is 2.24. The predicted octanol–water partition coefficient (Wildman–Crippen LogP) is 2.55. The largest absolute Gasteiger partial charge is 0.399 e. The molecule has 0 fully saturated rings. The quantitative estimate of drug-likeness (QED) is 0.707. The van der Waals surface area contributed by atoms with Crippen LogP contribution < -0.4 is 15.8 Å². The van der Waals surface area contributed by atoms with Gasteiger partial charge in [-0.2, -0.15) is 0 Å². The highest BCUT2D eigenvalue weighted by molar-refractivity contribution is 9.10. The van der Waals surface area contributed by atoms with Gasteiger partial charge >= 0.3 is 0 Å². The first-order valence-electron chi connectivity index (χ1n) is 6.24. The van der Waals surface area contributed by atoms with Crippen molar-refractivity contribution in [3.05, 3.63) is 52.5 Å². The van der Waals surface area contributed by atoms with E-state index in [0.717, 1.165) is 10.0 Å². The van der Waals surface area contributed by atoms with Crippen LogP contribution in [-0.4, -0.2) is 15.5 Å². The van der Waals surface area contributed by atoms with E-state index in [4.69, 9.17) is 5.73 Å². The van der Waals surface area contributed by atoms with Crippen molar-refractivity contribution in [3.8, 4) is 0 Å². The number of sulfonamides is 1. The average molecular weight is 370 g/mol. The number of anilines is 2. The zero-order chi connectivity index (χ0) is 15.5. The maximum atomic E-state index is 12.0. The molecule has 4 N–H and O–H groups in total. The number of nitrogen functional groups attached to an aromatic ring is 1. The summed E-state index contributed by atoms with van der Waals surface area (Å²) in [4.78, 5) is 0.139. The van der Waals surface area contributed by atoms with Gasteiger partial charge in [-0.15, -0.1) is 0 Å². The number of rotatable bonds is 5. The van der Waals surface area contributed by atoms with E-state index in [0.29, 0.717) is 17.9 Å². The monoisotopic (exact) mass is 369 g/mol. The number of halogens is 1. The minimum absolute atomic E-state index is 0.139. The lowest BCUT2D eigenvalue weighted by Gasteiger charge is -2.13. The fourth-order valence-electron chi connectivity index (χ4n) is 1.86. The number of benzene rings is 2. The van der Waals surface area contributed by atoms with Gasteiger partial charge in [0.05, 0.1) is 5.69 Å². The van der Waals surface area contributed by atoms with Crippen molar-refractivity contribution in [1.82, 2.24) is 4.72 Å². The Morgan fingerprint density at radius 3 is 2.62 bits per heavy atom. The Kier molecular flexibility index (Phi) is 4.87. The highest BCUT2D eigenvalue weighted by Gasteiger charge is 2.16. The molecule has 0 amide bonds. The van der Waals surface area contributed by atoms with Crippen LogP contribution in [0.5, 0.6) is 0 Å². The van der Waals surface area contributed by atoms with Crippen molar-refractivity contribution < 1.29 is 8.42 Å². The molecule has 0 heterocycles. The van der Waals surface area contributed by atoms with Gasteiger partial charge in [0.15, 0.2) is 0 Å². The van der Waals surface area contributed by atoms with Gasteiger partial charge in [-0.25, -0.2) is 13.1 Å². The first-order valence-corrected chi connectivity index (χ1v) is 8.51. The number of nitrogens with one attached hydrogen (secondary N) is 2. The molecular formula is C14H16BrN3O2S. The van der Waals surface area contributed by atoms with Crippen molar-refractivity contribution in [3.63, 3.8) is 0 Å². The summed E-state index contributed by atoms with van der Waals surface area (Å²) in [6.07, 6.45) is 0. The summed E-state index contributed by atoms with van der Waals surface area (Å²) in [7, 11) is -2.19. The van der Waals surface area contributed by atoms with Gasteiger partial charge in [0.25, 0.3) is 0 Å². The topological polar surface area (TPSA) is 84.2 Å². The lowest BCUT2D eigenvalue weighted by atomic mass is 10.2. The van der Waals surface area contributed by atoms with Crippen molar-refractivity contribution in [2.75, 3.05) is 18.1 Å². The standard InChI is InChI=1S/C14H16BrN3O2S/c1-17-21(19,20)14-8-12(16)5-6-13(14)18-9-10-3-2-4-11(15)7-10/h2-8,17-18H,9,16H2,1H3. The molecule has 7 heteroatoms. The van der Waals surface area contributed by atoms with E-state index in [2.05, 4.69) is 26.0 Å². The Morgan fingerprint density at radius 1 is 1.19 bits per heavy atom. The van der Waals surface area contributed by atoms with Crippen LogP contribution in [0.1, 0.15) is 5.56 Å². The van der Waals surface area contributed by atoms with Crippen LogP contribution in [0.3, 0.4) is 0 Å². The molecule has 0 bridgehead atoms. The fraction of sp³-hybridized carbons (Fsp3) is 0.143. The fourth-order valence-corrected chi connectivity index (χ4v) is 3.25. The molecule has 0 spiro atoms. The van der Waals surface area contributed by atoms with E-state index in [9.17, 15) is 8.42 Å². The molecule has 112 valence electrons. The molecule has 2 aromatic carbocycles. The van der Waals surface area contributed by atoms with Crippen LogP contribution in [0, 0.1) is 0 Å². The summed E-state index contributed by atoms with van der Waals surface area (Å²) in [5, 5.41) is 3.13. The molecule has 0 saturated carbocycles. The van der Waals surface area contributed by atoms with Gasteiger partial charge in [0, 0.05) is 16.7 Å². The van der Waals surface area contributed by atoms with E-state index >= 15 is 0 Å². The molecule has 2 aromatic rings. The molecular weight excluding hydrogens is 354 g/mol. The zero-order valence-corrected chi connectivity index (χ0v) is 13.8. The third kappa shape index (κ3) is 3.96. The molecule has 0 aliphatic heterocycles. The summed E-state index contributed by atoms with van der Waals surface area (Å²) >= 11 is 3.41. The maximum Gasteiger partial charge on any atom is 0.242 e. The summed E-state index contributed by atoms with van der Waals surface area (Å²) in [5.74, 6) is 0. The minimum Gasteiger partial charge on any atom is -0.399 e. The molecule has 5 nitrogen and oxygen atoms in total.